The molecule has 1 saturated heterocycles. The molecule has 3 N–H and O–H groups in total. The lowest BCUT2D eigenvalue weighted by Gasteiger charge is -2.33. The Hall–Kier alpha value is -4.28. The van der Waals surface area contributed by atoms with Crippen molar-refractivity contribution >= 4 is 33.5 Å². The van der Waals surface area contributed by atoms with Gasteiger partial charge in [0.15, 0.2) is 0 Å². The van der Waals surface area contributed by atoms with Crippen molar-refractivity contribution in [3.8, 4) is 5.75 Å². The summed E-state index contributed by atoms with van der Waals surface area (Å²) in [5.41, 5.74) is 7.69. The number of nitrogens with two attached hydrogens (primary N) is 1. The Bertz CT molecular complexity index is 1730. The number of imidazole rings is 1. The number of benzene rings is 2. The summed E-state index contributed by atoms with van der Waals surface area (Å²) in [4.78, 5) is 54.1. The van der Waals surface area contributed by atoms with Crippen LogP contribution in [0.4, 0.5) is 5.69 Å². The fourth-order valence-corrected chi connectivity index (χ4v) is 5.46. The third-order valence-corrected chi connectivity index (χ3v) is 7.45. The van der Waals surface area contributed by atoms with Gasteiger partial charge in [0.1, 0.15) is 5.75 Å². The molecule has 1 fully saturated rings. The van der Waals surface area contributed by atoms with E-state index >= 15 is 0 Å². The van der Waals surface area contributed by atoms with Gasteiger partial charge in [-0.3, -0.25) is 27.9 Å². The molecule has 1 aliphatic rings. The molecular formula is C26H30N6O5. The van der Waals surface area contributed by atoms with Crippen LogP contribution >= 0.6 is 0 Å². The normalized spacial score (nSPS) is 14.6. The van der Waals surface area contributed by atoms with E-state index in [0.29, 0.717) is 66.8 Å². The van der Waals surface area contributed by atoms with E-state index < -0.39 is 11.2 Å². The van der Waals surface area contributed by atoms with Gasteiger partial charge in [-0.1, -0.05) is 0 Å². The number of aromatic hydroxyl groups is 1. The van der Waals surface area contributed by atoms with Crippen LogP contribution in [0.5, 0.6) is 5.75 Å². The van der Waals surface area contributed by atoms with Gasteiger partial charge in [-0.2, -0.15) is 0 Å². The summed E-state index contributed by atoms with van der Waals surface area (Å²) in [5, 5.41) is 10.1. The summed E-state index contributed by atoms with van der Waals surface area (Å²) >= 11 is 0. The Kier molecular flexibility index (Phi) is 5.93. The van der Waals surface area contributed by atoms with E-state index in [1.165, 1.54) is 21.3 Å². The first-order chi connectivity index (χ1) is 17.7. The topological polar surface area (TPSA) is 137 Å². The van der Waals surface area contributed by atoms with Crippen LogP contribution in [-0.4, -0.2) is 47.3 Å². The van der Waals surface area contributed by atoms with Crippen LogP contribution in [0.15, 0.2) is 44.7 Å². The van der Waals surface area contributed by atoms with E-state index in [2.05, 4.69) is 0 Å². The lowest BCUT2D eigenvalue weighted by molar-refractivity contribution is 0.0692. The Morgan fingerprint density at radius 1 is 0.946 bits per heavy atom. The average Bonchev–Trinajstić information content (AvgIpc) is 3.15. The number of hydrogen-bond acceptors (Lipinski definition) is 6. The number of fused-ring (bicyclic) bond motifs is 2. The summed E-state index contributed by atoms with van der Waals surface area (Å²) in [7, 11) is 1.59. The summed E-state index contributed by atoms with van der Waals surface area (Å²) in [6.45, 7) is 5.41. The maximum atomic E-state index is 13.5. The van der Waals surface area contributed by atoms with Crippen molar-refractivity contribution in [2.45, 2.75) is 45.8 Å². The predicted octanol–water partition coefficient (Wildman–Crippen LogP) is 1.62. The maximum absolute atomic E-state index is 13.5. The van der Waals surface area contributed by atoms with Crippen molar-refractivity contribution in [3.63, 3.8) is 0 Å². The highest BCUT2D eigenvalue weighted by Gasteiger charge is 2.29. The highest BCUT2D eigenvalue weighted by Crippen LogP contribution is 2.27. The number of anilines is 1. The second-order valence-corrected chi connectivity index (χ2v) is 9.44. The smallest absolute Gasteiger partial charge is 0.331 e. The zero-order valence-electron chi connectivity index (χ0n) is 21.1. The molecule has 37 heavy (non-hydrogen) atoms. The highest BCUT2D eigenvalue weighted by molar-refractivity contribution is 6.03. The van der Waals surface area contributed by atoms with Crippen molar-refractivity contribution in [2.75, 3.05) is 18.8 Å². The minimum absolute atomic E-state index is 0.0486. The van der Waals surface area contributed by atoms with Crippen molar-refractivity contribution in [1.29, 1.82) is 0 Å². The number of aryl methyl sites for hydroxylation is 3. The van der Waals surface area contributed by atoms with Crippen LogP contribution in [0.3, 0.4) is 0 Å². The molecule has 1 aliphatic heterocycles. The zero-order chi connectivity index (χ0) is 26.6. The molecule has 0 unspecified atom stereocenters. The number of phenols is 1. The molecule has 11 heteroatoms. The minimum atomic E-state index is -0.452. The molecule has 3 heterocycles. The first kappa shape index (κ1) is 24.4. The monoisotopic (exact) mass is 506 g/mol. The SMILES string of the molecule is CCn1c(=O)n(CC)c2cc(C(=O)N3CCC(n4c(=O)c5cc(O)ccc5n(C)c4=O)CC3)c(N)cc21. The molecule has 5 rings (SSSR count). The van der Waals surface area contributed by atoms with Gasteiger partial charge in [0.05, 0.1) is 27.5 Å². The quantitative estimate of drug-likeness (QED) is 0.404. The fraction of sp³-hybridized carbons (Fsp3) is 0.385. The first-order valence-electron chi connectivity index (χ1n) is 12.4. The molecule has 0 radical (unpaired) electrons. The van der Waals surface area contributed by atoms with Crippen LogP contribution in [0, 0.1) is 0 Å². The number of piperidine rings is 1. The van der Waals surface area contributed by atoms with Crippen LogP contribution in [0.25, 0.3) is 21.9 Å². The second-order valence-electron chi connectivity index (χ2n) is 9.44. The van der Waals surface area contributed by atoms with Gasteiger partial charge in [0.2, 0.25) is 0 Å². The van der Waals surface area contributed by atoms with Crippen molar-refractivity contribution in [2.24, 2.45) is 7.05 Å². The molecular weight excluding hydrogens is 476 g/mol. The van der Waals surface area contributed by atoms with Crippen molar-refractivity contribution < 1.29 is 9.90 Å². The molecule has 0 bridgehead atoms. The lowest BCUT2D eigenvalue weighted by atomic mass is 10.0. The van der Waals surface area contributed by atoms with Gasteiger partial charge < -0.3 is 15.7 Å². The number of amides is 1. The third-order valence-electron chi connectivity index (χ3n) is 7.45. The Morgan fingerprint density at radius 3 is 2.19 bits per heavy atom. The van der Waals surface area contributed by atoms with E-state index in [1.807, 2.05) is 13.8 Å². The van der Waals surface area contributed by atoms with E-state index in [4.69, 9.17) is 5.73 Å². The first-order valence-corrected chi connectivity index (χ1v) is 12.4. The lowest BCUT2D eigenvalue weighted by Crippen LogP contribution is -2.46. The number of aromatic nitrogens is 4. The maximum Gasteiger partial charge on any atom is 0.331 e. The molecule has 194 valence electrons. The highest BCUT2D eigenvalue weighted by atomic mass is 16.3. The number of phenolic OH excluding ortho intramolecular Hbond substituents is 1. The largest absolute Gasteiger partial charge is 0.508 e. The number of rotatable bonds is 4. The fourth-order valence-electron chi connectivity index (χ4n) is 5.46. The molecule has 0 aliphatic carbocycles. The number of nitrogen functional groups attached to an aromatic ring is 1. The zero-order valence-corrected chi connectivity index (χ0v) is 21.1. The predicted molar refractivity (Wildman–Crippen MR) is 141 cm³/mol. The van der Waals surface area contributed by atoms with Gasteiger partial charge in [-0.15, -0.1) is 0 Å². The summed E-state index contributed by atoms with van der Waals surface area (Å²) < 4.78 is 5.90. The molecule has 2 aromatic heterocycles. The van der Waals surface area contributed by atoms with Crippen LogP contribution in [-0.2, 0) is 20.1 Å². The van der Waals surface area contributed by atoms with E-state index in [1.54, 1.807) is 39.3 Å². The summed E-state index contributed by atoms with van der Waals surface area (Å²) in [6, 6.07) is 7.34. The second kappa shape index (κ2) is 8.99. The number of carbonyl (C=O) groups is 1. The van der Waals surface area contributed by atoms with Gasteiger partial charge in [0, 0.05) is 45.0 Å². The number of nitrogens with zero attached hydrogens (tertiary/aromatic N) is 5. The van der Waals surface area contributed by atoms with Gasteiger partial charge in [0.25, 0.3) is 11.5 Å². The van der Waals surface area contributed by atoms with Crippen LogP contribution < -0.4 is 22.7 Å². The molecule has 4 aromatic rings. The summed E-state index contributed by atoms with van der Waals surface area (Å²) in [5.74, 6) is -0.298. The van der Waals surface area contributed by atoms with Crippen LogP contribution in [0.1, 0.15) is 43.1 Å². The summed E-state index contributed by atoms with van der Waals surface area (Å²) in [6.07, 6.45) is 0.832. The molecule has 0 spiro atoms. The van der Waals surface area contributed by atoms with Crippen LogP contribution in [0.2, 0.25) is 0 Å². The Morgan fingerprint density at radius 2 is 1.57 bits per heavy atom. The third kappa shape index (κ3) is 3.73. The Balaban J connectivity index is 1.45. The van der Waals surface area contributed by atoms with Crippen molar-refractivity contribution in [3.05, 3.63) is 67.2 Å². The minimum Gasteiger partial charge on any atom is -0.508 e. The van der Waals surface area contributed by atoms with E-state index in [-0.39, 0.29) is 28.8 Å². The van der Waals surface area contributed by atoms with E-state index in [9.17, 15) is 24.3 Å². The van der Waals surface area contributed by atoms with Gasteiger partial charge >= 0.3 is 11.4 Å². The molecule has 0 atom stereocenters. The number of carbonyl (C=O) groups excluding carboxylic acids is 1. The van der Waals surface area contributed by atoms with Gasteiger partial charge in [-0.05, 0) is 57.0 Å². The Labute approximate surface area is 211 Å². The van der Waals surface area contributed by atoms with Crippen molar-refractivity contribution in [1.82, 2.24) is 23.2 Å². The molecule has 0 saturated carbocycles. The molecule has 11 nitrogen and oxygen atoms in total. The molecule has 2 aromatic carbocycles. The van der Waals surface area contributed by atoms with E-state index in [0.717, 1.165) is 0 Å². The number of likely N-dealkylation sites (tertiary alicyclic amines) is 1. The van der Waals surface area contributed by atoms with Gasteiger partial charge in [-0.25, -0.2) is 9.59 Å². The number of hydrogen-bond donors (Lipinski definition) is 2. The average molecular weight is 507 g/mol. The molecule has 1 amide bonds. The standard InChI is InChI=1S/C26H30N6O5/c1-4-30-21-13-17(19(27)14-22(21)31(5-2)26(30)37)23(34)29-10-8-15(9-11-29)32-24(35)18-12-16(33)6-7-20(18)28(3)25(32)36/h6-7,12-15,33H,4-5,8-11,27H2,1-3H3.